The lowest BCUT2D eigenvalue weighted by molar-refractivity contribution is -0.123. The van der Waals surface area contributed by atoms with E-state index in [9.17, 15) is 9.59 Å². The third kappa shape index (κ3) is 5.64. The van der Waals surface area contributed by atoms with Gasteiger partial charge in [0.25, 0.3) is 11.1 Å². The average molecular weight is 476 g/mol. The van der Waals surface area contributed by atoms with Gasteiger partial charge in [-0.15, -0.1) is 0 Å². The fraction of sp³-hybridized carbons (Fsp3) is 0.273. The van der Waals surface area contributed by atoms with Gasteiger partial charge < -0.3 is 9.47 Å². The number of ether oxygens (including phenoxy) is 2. The van der Waals surface area contributed by atoms with Gasteiger partial charge >= 0.3 is 0 Å². The third-order valence-electron chi connectivity index (χ3n) is 4.06. The number of carbonyl (C=O) groups excluding carboxylic acids is 2. The van der Waals surface area contributed by atoms with Crippen LogP contribution < -0.4 is 9.47 Å². The van der Waals surface area contributed by atoms with Gasteiger partial charge in [-0.3, -0.25) is 14.5 Å². The average Bonchev–Trinajstić information content (AvgIpc) is 2.91. The molecule has 1 fully saturated rings. The maximum atomic E-state index is 12.6. The maximum Gasteiger partial charge on any atom is 0.293 e. The highest BCUT2D eigenvalue weighted by Crippen LogP contribution is 2.34. The maximum absolute atomic E-state index is 12.6. The Labute approximate surface area is 183 Å². The second-order valence-corrected chi connectivity index (χ2v) is 8.70. The highest BCUT2D eigenvalue weighted by atomic mass is 79.9. The molecular formula is C22H22BrNO4S. The number of aryl methyl sites for hydroxylation is 1. The summed E-state index contributed by atoms with van der Waals surface area (Å²) in [4.78, 5) is 26.5. The fourth-order valence-electron chi connectivity index (χ4n) is 2.76. The molecule has 0 spiro atoms. The predicted octanol–water partition coefficient (Wildman–Crippen LogP) is 5.66. The Morgan fingerprint density at radius 2 is 1.97 bits per heavy atom. The van der Waals surface area contributed by atoms with E-state index in [0.29, 0.717) is 4.91 Å². The summed E-state index contributed by atoms with van der Waals surface area (Å²) in [7, 11) is 0. The molecule has 0 aromatic heterocycles. The number of thioether (sulfide) groups is 1. The summed E-state index contributed by atoms with van der Waals surface area (Å²) in [5, 5.41) is -0.284. The Morgan fingerprint density at radius 3 is 2.66 bits per heavy atom. The molecule has 2 aromatic carbocycles. The highest BCUT2D eigenvalue weighted by Gasteiger charge is 2.34. The number of benzene rings is 2. The quantitative estimate of drug-likeness (QED) is 0.483. The van der Waals surface area contributed by atoms with Crippen LogP contribution >= 0.6 is 27.7 Å². The van der Waals surface area contributed by atoms with Crippen LogP contribution in [0.4, 0.5) is 4.79 Å². The predicted molar refractivity (Wildman–Crippen MR) is 119 cm³/mol. The molecule has 29 heavy (non-hydrogen) atoms. The van der Waals surface area contributed by atoms with E-state index in [4.69, 9.17) is 9.47 Å². The molecule has 5 nitrogen and oxygen atoms in total. The van der Waals surface area contributed by atoms with E-state index in [2.05, 4.69) is 15.9 Å². The Bertz CT molecular complexity index is 958. The number of hydrogen-bond donors (Lipinski definition) is 0. The van der Waals surface area contributed by atoms with Crippen molar-refractivity contribution in [2.24, 2.45) is 0 Å². The van der Waals surface area contributed by atoms with Crippen molar-refractivity contribution >= 4 is 44.9 Å². The first-order chi connectivity index (χ1) is 13.8. The standard InChI is InChI=1S/C22H22BrNO4S/c1-14(2)28-19-8-7-16(12-18(19)23)13-20-21(25)24(22(26)29-20)9-10-27-17-6-4-5-15(3)11-17/h4-8,11-14H,9-10H2,1-3H3/b20-13-. The van der Waals surface area contributed by atoms with Crippen LogP contribution in [0.15, 0.2) is 51.8 Å². The van der Waals surface area contributed by atoms with Gasteiger partial charge in [0.1, 0.15) is 18.1 Å². The zero-order valence-corrected chi connectivity index (χ0v) is 18.9. The van der Waals surface area contributed by atoms with E-state index < -0.39 is 0 Å². The van der Waals surface area contributed by atoms with Crippen molar-refractivity contribution in [2.45, 2.75) is 26.9 Å². The first-order valence-electron chi connectivity index (χ1n) is 9.24. The molecular weight excluding hydrogens is 454 g/mol. The monoisotopic (exact) mass is 475 g/mol. The van der Waals surface area contributed by atoms with Crippen LogP contribution in [-0.2, 0) is 4.79 Å². The van der Waals surface area contributed by atoms with Crippen molar-refractivity contribution in [3.05, 3.63) is 63.0 Å². The smallest absolute Gasteiger partial charge is 0.293 e. The summed E-state index contributed by atoms with van der Waals surface area (Å²) >= 11 is 4.43. The molecule has 0 bridgehead atoms. The van der Waals surface area contributed by atoms with Crippen LogP contribution in [-0.4, -0.2) is 35.3 Å². The summed E-state index contributed by atoms with van der Waals surface area (Å²) in [6.45, 7) is 6.36. The van der Waals surface area contributed by atoms with Crippen molar-refractivity contribution in [3.8, 4) is 11.5 Å². The molecule has 1 aliphatic rings. The molecule has 152 valence electrons. The normalized spacial score (nSPS) is 15.5. The number of hydrogen-bond acceptors (Lipinski definition) is 5. The minimum Gasteiger partial charge on any atom is -0.492 e. The van der Waals surface area contributed by atoms with Crippen molar-refractivity contribution < 1.29 is 19.1 Å². The molecule has 7 heteroatoms. The fourth-order valence-corrected chi connectivity index (χ4v) is 4.12. The van der Waals surface area contributed by atoms with E-state index in [-0.39, 0.29) is 30.4 Å². The lowest BCUT2D eigenvalue weighted by Crippen LogP contribution is -2.32. The lowest BCUT2D eigenvalue weighted by atomic mass is 10.2. The molecule has 3 rings (SSSR count). The number of halogens is 1. The zero-order chi connectivity index (χ0) is 21.0. The topological polar surface area (TPSA) is 55.8 Å². The molecule has 0 radical (unpaired) electrons. The van der Waals surface area contributed by atoms with E-state index in [0.717, 1.165) is 38.9 Å². The van der Waals surface area contributed by atoms with Crippen LogP contribution in [0, 0.1) is 6.92 Å². The Hall–Kier alpha value is -2.25. The summed E-state index contributed by atoms with van der Waals surface area (Å²) in [5.74, 6) is 1.16. The molecule has 0 unspecified atom stereocenters. The summed E-state index contributed by atoms with van der Waals surface area (Å²) in [5.41, 5.74) is 1.90. The van der Waals surface area contributed by atoms with E-state index in [1.165, 1.54) is 4.90 Å². The van der Waals surface area contributed by atoms with Crippen molar-refractivity contribution in [3.63, 3.8) is 0 Å². The minimum atomic E-state index is -0.300. The Balaban J connectivity index is 1.64. The van der Waals surface area contributed by atoms with Crippen LogP contribution in [0.25, 0.3) is 6.08 Å². The summed E-state index contributed by atoms with van der Waals surface area (Å²) in [6.07, 6.45) is 1.78. The number of nitrogens with zero attached hydrogens (tertiary/aromatic N) is 1. The van der Waals surface area contributed by atoms with Gasteiger partial charge in [-0.25, -0.2) is 0 Å². The SMILES string of the molecule is Cc1cccc(OCCN2C(=O)S/C(=C\c3ccc(OC(C)C)c(Br)c3)C2=O)c1. The largest absolute Gasteiger partial charge is 0.492 e. The van der Waals surface area contributed by atoms with Crippen LogP contribution in [0.3, 0.4) is 0 Å². The third-order valence-corrected chi connectivity index (χ3v) is 5.59. The first-order valence-corrected chi connectivity index (χ1v) is 10.9. The van der Waals surface area contributed by atoms with Crippen LogP contribution in [0.1, 0.15) is 25.0 Å². The molecule has 0 aliphatic carbocycles. The summed E-state index contributed by atoms with van der Waals surface area (Å²) < 4.78 is 12.2. The number of rotatable bonds is 7. The van der Waals surface area contributed by atoms with Gasteiger partial charge in [0, 0.05) is 0 Å². The zero-order valence-electron chi connectivity index (χ0n) is 16.5. The molecule has 2 aromatic rings. The number of amides is 2. The van der Waals surface area contributed by atoms with Gasteiger partial charge in [-0.05, 0) is 89.9 Å². The van der Waals surface area contributed by atoms with Gasteiger partial charge in [-0.2, -0.15) is 0 Å². The van der Waals surface area contributed by atoms with Crippen molar-refractivity contribution in [2.75, 3.05) is 13.2 Å². The molecule has 1 heterocycles. The van der Waals surface area contributed by atoms with Gasteiger partial charge in [0.15, 0.2) is 0 Å². The van der Waals surface area contributed by atoms with Gasteiger partial charge in [0.2, 0.25) is 0 Å². The molecule has 0 atom stereocenters. The second-order valence-electron chi connectivity index (χ2n) is 6.85. The minimum absolute atomic E-state index is 0.0654. The van der Waals surface area contributed by atoms with Crippen molar-refractivity contribution in [1.29, 1.82) is 0 Å². The molecule has 2 amide bonds. The van der Waals surface area contributed by atoms with Gasteiger partial charge in [0.05, 0.1) is 22.0 Å². The lowest BCUT2D eigenvalue weighted by Gasteiger charge is -2.13. The number of imide groups is 1. The Kier molecular flexibility index (Phi) is 7.03. The van der Waals surface area contributed by atoms with Crippen LogP contribution in [0.5, 0.6) is 11.5 Å². The molecule has 0 N–H and O–H groups in total. The molecule has 0 saturated carbocycles. The van der Waals surface area contributed by atoms with Crippen LogP contribution in [0.2, 0.25) is 0 Å². The van der Waals surface area contributed by atoms with E-state index in [1.807, 2.05) is 63.2 Å². The van der Waals surface area contributed by atoms with Crippen molar-refractivity contribution in [1.82, 2.24) is 4.90 Å². The van der Waals surface area contributed by atoms with E-state index >= 15 is 0 Å². The second kappa shape index (κ2) is 9.50. The first kappa shape index (κ1) is 21.5. The molecule has 1 aliphatic heterocycles. The van der Waals surface area contributed by atoms with E-state index in [1.54, 1.807) is 6.08 Å². The number of carbonyl (C=O) groups is 2. The molecule has 1 saturated heterocycles. The highest BCUT2D eigenvalue weighted by molar-refractivity contribution is 9.10. The summed E-state index contributed by atoms with van der Waals surface area (Å²) in [6, 6.07) is 13.2. The van der Waals surface area contributed by atoms with Gasteiger partial charge in [-0.1, -0.05) is 18.2 Å². The Morgan fingerprint density at radius 1 is 1.17 bits per heavy atom.